The maximum Gasteiger partial charge on any atom is 0.254 e. The van der Waals surface area contributed by atoms with E-state index in [1.165, 1.54) is 25.7 Å². The maximum atomic E-state index is 13.1. The number of fused-ring (bicyclic) bond motifs is 1. The molecule has 4 heteroatoms. The lowest BCUT2D eigenvalue weighted by Crippen LogP contribution is -2.46. The Labute approximate surface area is 173 Å². The quantitative estimate of drug-likeness (QED) is 0.699. The van der Waals surface area contributed by atoms with Crippen molar-refractivity contribution in [1.82, 2.24) is 9.80 Å². The molecule has 1 aliphatic heterocycles. The molecule has 1 aliphatic carbocycles. The van der Waals surface area contributed by atoms with Gasteiger partial charge in [-0.25, -0.2) is 0 Å². The molecule has 2 aliphatic rings. The zero-order valence-corrected chi connectivity index (χ0v) is 17.5. The molecule has 4 rings (SSSR count). The molecule has 1 saturated heterocycles. The summed E-state index contributed by atoms with van der Waals surface area (Å²) in [6.45, 7) is 1.33. The van der Waals surface area contributed by atoms with E-state index in [-0.39, 0.29) is 17.7 Å². The summed E-state index contributed by atoms with van der Waals surface area (Å²) in [4.78, 5) is 30.1. The second-order valence-electron chi connectivity index (χ2n) is 8.69. The lowest BCUT2D eigenvalue weighted by Gasteiger charge is -2.36. The van der Waals surface area contributed by atoms with Gasteiger partial charge in [0.1, 0.15) is 0 Å². The molecule has 2 aromatic carbocycles. The van der Waals surface area contributed by atoms with Crippen LogP contribution < -0.4 is 0 Å². The number of piperidine rings is 1. The van der Waals surface area contributed by atoms with Gasteiger partial charge in [0.15, 0.2) is 0 Å². The van der Waals surface area contributed by atoms with Crippen molar-refractivity contribution < 1.29 is 9.59 Å². The van der Waals surface area contributed by atoms with Crippen LogP contribution in [0.5, 0.6) is 0 Å². The minimum absolute atomic E-state index is 0.0554. The first-order valence-electron chi connectivity index (χ1n) is 11.2. The number of hydrogen-bond donors (Lipinski definition) is 0. The molecule has 29 heavy (non-hydrogen) atoms. The molecule has 2 amide bonds. The van der Waals surface area contributed by atoms with E-state index in [1.807, 2.05) is 59.3 Å². The second-order valence-corrected chi connectivity index (χ2v) is 8.69. The summed E-state index contributed by atoms with van der Waals surface area (Å²) in [5.41, 5.74) is 0.767. The summed E-state index contributed by atoms with van der Waals surface area (Å²) in [7, 11) is 1.99. The highest BCUT2D eigenvalue weighted by Crippen LogP contribution is 2.27. The predicted octanol–water partition coefficient (Wildman–Crippen LogP) is 4.87. The number of carbonyl (C=O) groups is 2. The standard InChI is InChI=1S/C25H32N2O2/c1-26(21-11-4-2-3-5-12-21)24(28)20-15-17-27(18-16-20)25(29)23-14-8-10-19-9-6-7-13-22(19)23/h6-10,13-14,20-21H,2-5,11-12,15-18H2,1H3. The monoisotopic (exact) mass is 392 g/mol. The van der Waals surface area contributed by atoms with Crippen LogP contribution in [0.15, 0.2) is 42.5 Å². The Morgan fingerprint density at radius 3 is 2.24 bits per heavy atom. The van der Waals surface area contributed by atoms with Crippen molar-refractivity contribution in [2.75, 3.05) is 20.1 Å². The summed E-state index contributed by atoms with van der Waals surface area (Å²) >= 11 is 0. The largest absolute Gasteiger partial charge is 0.343 e. The Balaban J connectivity index is 1.38. The number of nitrogens with zero attached hydrogens (tertiary/aromatic N) is 2. The Kier molecular flexibility index (Phi) is 6.17. The van der Waals surface area contributed by atoms with E-state index in [9.17, 15) is 9.59 Å². The molecule has 4 nitrogen and oxygen atoms in total. The smallest absolute Gasteiger partial charge is 0.254 e. The normalized spacial score (nSPS) is 19.1. The molecule has 154 valence electrons. The van der Waals surface area contributed by atoms with E-state index in [0.717, 1.165) is 42.0 Å². The average molecular weight is 393 g/mol. The van der Waals surface area contributed by atoms with Crippen molar-refractivity contribution in [3.63, 3.8) is 0 Å². The second kappa shape index (κ2) is 8.98. The van der Waals surface area contributed by atoms with Gasteiger partial charge >= 0.3 is 0 Å². The SMILES string of the molecule is CN(C(=O)C1CCN(C(=O)c2cccc3ccccc23)CC1)C1CCCCCC1. The third-order valence-electron chi connectivity index (χ3n) is 6.87. The minimum Gasteiger partial charge on any atom is -0.343 e. The number of amides is 2. The fraction of sp³-hybridized carbons (Fsp3) is 0.520. The van der Waals surface area contributed by atoms with Crippen LogP contribution in [0.3, 0.4) is 0 Å². The van der Waals surface area contributed by atoms with Gasteiger partial charge in [0.05, 0.1) is 0 Å². The fourth-order valence-electron chi connectivity index (χ4n) is 5.02. The number of rotatable bonds is 3. The molecule has 0 N–H and O–H groups in total. The van der Waals surface area contributed by atoms with E-state index in [4.69, 9.17) is 0 Å². The van der Waals surface area contributed by atoms with Crippen LogP contribution in [0.1, 0.15) is 61.7 Å². The number of benzene rings is 2. The third-order valence-corrected chi connectivity index (χ3v) is 6.87. The Morgan fingerprint density at radius 1 is 0.862 bits per heavy atom. The summed E-state index contributed by atoms with van der Waals surface area (Å²) in [6.07, 6.45) is 8.89. The van der Waals surface area contributed by atoms with Gasteiger partial charge in [0.2, 0.25) is 5.91 Å². The zero-order valence-electron chi connectivity index (χ0n) is 17.5. The highest BCUT2D eigenvalue weighted by atomic mass is 16.2. The summed E-state index contributed by atoms with van der Waals surface area (Å²) in [5.74, 6) is 0.429. The summed E-state index contributed by atoms with van der Waals surface area (Å²) < 4.78 is 0. The lowest BCUT2D eigenvalue weighted by molar-refractivity contribution is -0.138. The van der Waals surface area contributed by atoms with Gasteiger partial charge in [-0.1, -0.05) is 62.1 Å². The van der Waals surface area contributed by atoms with Crippen molar-refractivity contribution >= 4 is 22.6 Å². The van der Waals surface area contributed by atoms with Crippen LogP contribution >= 0.6 is 0 Å². The number of hydrogen-bond acceptors (Lipinski definition) is 2. The van der Waals surface area contributed by atoms with Crippen molar-refractivity contribution in [3.8, 4) is 0 Å². The van der Waals surface area contributed by atoms with E-state index in [0.29, 0.717) is 19.1 Å². The Bertz CT molecular complexity index is 857. The molecule has 0 atom stereocenters. The molecule has 0 bridgehead atoms. The van der Waals surface area contributed by atoms with E-state index in [2.05, 4.69) is 0 Å². The van der Waals surface area contributed by atoms with Crippen LogP contribution in [-0.2, 0) is 4.79 Å². The fourth-order valence-corrected chi connectivity index (χ4v) is 5.02. The molecule has 1 saturated carbocycles. The molecular weight excluding hydrogens is 360 g/mol. The minimum atomic E-state index is 0.0554. The zero-order chi connectivity index (χ0) is 20.2. The highest BCUT2D eigenvalue weighted by Gasteiger charge is 2.32. The van der Waals surface area contributed by atoms with Crippen molar-refractivity contribution in [2.45, 2.75) is 57.4 Å². The lowest BCUT2D eigenvalue weighted by atomic mass is 9.93. The van der Waals surface area contributed by atoms with Crippen molar-refractivity contribution in [2.24, 2.45) is 5.92 Å². The van der Waals surface area contributed by atoms with E-state index >= 15 is 0 Å². The van der Waals surface area contributed by atoms with Crippen LogP contribution in [0.4, 0.5) is 0 Å². The van der Waals surface area contributed by atoms with Gasteiger partial charge in [-0.3, -0.25) is 9.59 Å². The highest BCUT2D eigenvalue weighted by molar-refractivity contribution is 6.07. The van der Waals surface area contributed by atoms with Crippen LogP contribution in [0.25, 0.3) is 10.8 Å². The first-order chi connectivity index (χ1) is 14.1. The Morgan fingerprint density at radius 2 is 1.52 bits per heavy atom. The first-order valence-corrected chi connectivity index (χ1v) is 11.2. The average Bonchev–Trinajstić information content (AvgIpc) is 3.07. The predicted molar refractivity (Wildman–Crippen MR) is 117 cm³/mol. The van der Waals surface area contributed by atoms with Gasteiger partial charge in [-0.2, -0.15) is 0 Å². The molecule has 0 aromatic heterocycles. The topological polar surface area (TPSA) is 40.6 Å². The van der Waals surface area contributed by atoms with E-state index < -0.39 is 0 Å². The van der Waals surface area contributed by atoms with Gasteiger partial charge in [0.25, 0.3) is 5.91 Å². The molecule has 1 heterocycles. The number of carbonyl (C=O) groups excluding carboxylic acids is 2. The van der Waals surface area contributed by atoms with Crippen molar-refractivity contribution in [3.05, 3.63) is 48.0 Å². The third kappa shape index (κ3) is 4.31. The summed E-state index contributed by atoms with van der Waals surface area (Å²) in [6, 6.07) is 14.3. The Hall–Kier alpha value is -2.36. The molecule has 2 aromatic rings. The van der Waals surface area contributed by atoms with Crippen LogP contribution in [0.2, 0.25) is 0 Å². The number of likely N-dealkylation sites (tertiary alicyclic amines) is 1. The van der Waals surface area contributed by atoms with E-state index in [1.54, 1.807) is 0 Å². The maximum absolute atomic E-state index is 13.1. The molecule has 2 fully saturated rings. The molecule has 0 unspecified atom stereocenters. The van der Waals surface area contributed by atoms with Crippen LogP contribution in [-0.4, -0.2) is 47.8 Å². The first kappa shape index (κ1) is 19.9. The van der Waals surface area contributed by atoms with Gasteiger partial charge in [-0.15, -0.1) is 0 Å². The molecule has 0 radical (unpaired) electrons. The van der Waals surface area contributed by atoms with Gasteiger partial charge in [0, 0.05) is 37.7 Å². The van der Waals surface area contributed by atoms with Crippen LogP contribution in [0, 0.1) is 5.92 Å². The van der Waals surface area contributed by atoms with Gasteiger partial charge < -0.3 is 9.80 Å². The molecular formula is C25H32N2O2. The molecule has 0 spiro atoms. The summed E-state index contributed by atoms with van der Waals surface area (Å²) in [5, 5.41) is 2.10. The van der Waals surface area contributed by atoms with Gasteiger partial charge in [-0.05, 0) is 42.5 Å². The van der Waals surface area contributed by atoms with Crippen molar-refractivity contribution in [1.29, 1.82) is 0 Å².